The third-order valence-electron chi connectivity index (χ3n) is 3.75. The number of hydrogen-bond donors (Lipinski definition) is 2. The molecule has 1 heterocycles. The minimum atomic E-state index is -0.120. The molecular formula is C12H22N2O2. The lowest BCUT2D eigenvalue weighted by Gasteiger charge is -2.34. The summed E-state index contributed by atoms with van der Waals surface area (Å²) in [5.41, 5.74) is 0. The summed E-state index contributed by atoms with van der Waals surface area (Å²) in [4.78, 5) is 13.7. The molecule has 1 atom stereocenters. The van der Waals surface area contributed by atoms with Crippen LogP contribution in [0.5, 0.6) is 0 Å². The summed E-state index contributed by atoms with van der Waals surface area (Å²) in [6, 6.07) is 0.391. The van der Waals surface area contributed by atoms with Gasteiger partial charge in [0.1, 0.15) is 0 Å². The Balaban J connectivity index is 1.67. The Morgan fingerprint density at radius 1 is 1.50 bits per heavy atom. The second-order valence-corrected chi connectivity index (χ2v) is 5.26. The van der Waals surface area contributed by atoms with Crippen molar-refractivity contribution in [3.63, 3.8) is 0 Å². The van der Waals surface area contributed by atoms with Crippen LogP contribution >= 0.6 is 0 Å². The van der Waals surface area contributed by atoms with Gasteiger partial charge in [0.15, 0.2) is 0 Å². The highest BCUT2D eigenvalue weighted by atomic mass is 16.3. The highest BCUT2D eigenvalue weighted by Crippen LogP contribution is 2.27. The zero-order valence-corrected chi connectivity index (χ0v) is 9.98. The van der Waals surface area contributed by atoms with Gasteiger partial charge in [-0.3, -0.25) is 4.79 Å². The number of carbonyl (C=O) groups is 1. The van der Waals surface area contributed by atoms with E-state index in [1.807, 2.05) is 11.9 Å². The Bertz CT molecular complexity index is 245. The summed E-state index contributed by atoms with van der Waals surface area (Å²) in [6.07, 6.45) is 4.55. The molecule has 0 aromatic rings. The van der Waals surface area contributed by atoms with E-state index in [2.05, 4.69) is 5.32 Å². The van der Waals surface area contributed by atoms with Crippen LogP contribution in [0.1, 0.15) is 32.1 Å². The van der Waals surface area contributed by atoms with Crippen LogP contribution < -0.4 is 5.32 Å². The standard InChI is InChI=1S/C12H22N2O2/c1-14(8-9-5-11(15)6-9)12(16)7-10-3-2-4-13-10/h9-11,13,15H,2-8H2,1H3. The Hall–Kier alpha value is -0.610. The minimum Gasteiger partial charge on any atom is -0.393 e. The molecule has 4 heteroatoms. The largest absolute Gasteiger partial charge is 0.393 e. The molecule has 2 N–H and O–H groups in total. The van der Waals surface area contributed by atoms with Crippen LogP contribution in [0.3, 0.4) is 0 Å². The number of carbonyl (C=O) groups excluding carboxylic acids is 1. The molecule has 92 valence electrons. The Kier molecular flexibility index (Phi) is 3.82. The van der Waals surface area contributed by atoms with Gasteiger partial charge in [0.25, 0.3) is 0 Å². The number of aliphatic hydroxyl groups excluding tert-OH is 1. The summed E-state index contributed by atoms with van der Waals surface area (Å²) in [5, 5.41) is 12.5. The molecule has 0 aromatic carbocycles. The highest BCUT2D eigenvalue weighted by Gasteiger charge is 2.29. The van der Waals surface area contributed by atoms with E-state index in [4.69, 9.17) is 0 Å². The molecule has 2 fully saturated rings. The maximum atomic E-state index is 11.9. The van der Waals surface area contributed by atoms with Crippen molar-refractivity contribution in [2.75, 3.05) is 20.1 Å². The summed E-state index contributed by atoms with van der Waals surface area (Å²) in [7, 11) is 1.88. The Morgan fingerprint density at radius 2 is 2.25 bits per heavy atom. The fourth-order valence-electron chi connectivity index (χ4n) is 2.64. The molecule has 1 saturated carbocycles. The SMILES string of the molecule is CN(CC1CC(O)C1)C(=O)CC1CCCN1. The van der Waals surface area contributed by atoms with Crippen molar-refractivity contribution in [2.24, 2.45) is 5.92 Å². The monoisotopic (exact) mass is 226 g/mol. The lowest BCUT2D eigenvalue weighted by Crippen LogP contribution is -2.41. The van der Waals surface area contributed by atoms with Crippen molar-refractivity contribution in [1.29, 1.82) is 0 Å². The smallest absolute Gasteiger partial charge is 0.223 e. The summed E-state index contributed by atoms with van der Waals surface area (Å²) < 4.78 is 0. The van der Waals surface area contributed by atoms with Gasteiger partial charge >= 0.3 is 0 Å². The molecule has 1 unspecified atom stereocenters. The van der Waals surface area contributed by atoms with Crippen LogP contribution in [-0.2, 0) is 4.79 Å². The number of rotatable bonds is 4. The fraction of sp³-hybridized carbons (Fsp3) is 0.917. The second-order valence-electron chi connectivity index (χ2n) is 5.26. The van der Waals surface area contributed by atoms with E-state index in [-0.39, 0.29) is 12.0 Å². The van der Waals surface area contributed by atoms with Crippen molar-refractivity contribution >= 4 is 5.91 Å². The summed E-state index contributed by atoms with van der Waals surface area (Å²) in [6.45, 7) is 1.86. The van der Waals surface area contributed by atoms with E-state index in [1.165, 1.54) is 6.42 Å². The first-order valence-electron chi connectivity index (χ1n) is 6.30. The maximum Gasteiger partial charge on any atom is 0.223 e. The van der Waals surface area contributed by atoms with Crippen LogP contribution in [0.4, 0.5) is 0 Å². The van der Waals surface area contributed by atoms with Gasteiger partial charge in [0.2, 0.25) is 5.91 Å². The zero-order valence-electron chi connectivity index (χ0n) is 9.98. The summed E-state index contributed by atoms with van der Waals surface area (Å²) >= 11 is 0. The lowest BCUT2D eigenvalue weighted by atomic mass is 9.82. The first kappa shape index (κ1) is 11.9. The number of nitrogens with one attached hydrogen (secondary N) is 1. The van der Waals surface area contributed by atoms with Crippen molar-refractivity contribution < 1.29 is 9.90 Å². The van der Waals surface area contributed by atoms with Crippen molar-refractivity contribution in [2.45, 2.75) is 44.2 Å². The molecule has 0 spiro atoms. The molecule has 2 aliphatic rings. The van der Waals surface area contributed by atoms with Crippen LogP contribution in [0.25, 0.3) is 0 Å². The number of amides is 1. The average Bonchev–Trinajstić information content (AvgIpc) is 2.68. The third kappa shape index (κ3) is 2.95. The Labute approximate surface area is 97.0 Å². The molecule has 0 aromatic heterocycles. The van der Waals surface area contributed by atoms with Crippen LogP contribution in [0, 0.1) is 5.92 Å². The van der Waals surface area contributed by atoms with E-state index in [0.717, 1.165) is 32.4 Å². The van der Waals surface area contributed by atoms with Gasteiger partial charge in [-0.1, -0.05) is 0 Å². The van der Waals surface area contributed by atoms with Gasteiger partial charge < -0.3 is 15.3 Å². The van der Waals surface area contributed by atoms with Gasteiger partial charge in [0, 0.05) is 26.1 Å². The predicted octanol–water partition coefficient (Wildman–Crippen LogP) is 0.358. The zero-order chi connectivity index (χ0) is 11.5. The van der Waals surface area contributed by atoms with Crippen LogP contribution in [-0.4, -0.2) is 48.2 Å². The maximum absolute atomic E-state index is 11.9. The molecular weight excluding hydrogens is 204 g/mol. The van der Waals surface area contributed by atoms with E-state index in [0.29, 0.717) is 18.4 Å². The van der Waals surface area contributed by atoms with Crippen LogP contribution in [0.2, 0.25) is 0 Å². The van der Waals surface area contributed by atoms with Gasteiger partial charge in [0.05, 0.1) is 6.10 Å². The topological polar surface area (TPSA) is 52.6 Å². The first-order valence-corrected chi connectivity index (χ1v) is 6.30. The van der Waals surface area contributed by atoms with Crippen LogP contribution in [0.15, 0.2) is 0 Å². The lowest BCUT2D eigenvalue weighted by molar-refractivity contribution is -0.132. The third-order valence-corrected chi connectivity index (χ3v) is 3.75. The molecule has 0 bridgehead atoms. The van der Waals surface area contributed by atoms with Crippen molar-refractivity contribution in [1.82, 2.24) is 10.2 Å². The molecule has 1 aliphatic carbocycles. The highest BCUT2D eigenvalue weighted by molar-refractivity contribution is 5.76. The predicted molar refractivity (Wildman–Crippen MR) is 62.0 cm³/mol. The quantitative estimate of drug-likeness (QED) is 0.727. The summed E-state index contributed by atoms with van der Waals surface area (Å²) in [5.74, 6) is 0.751. The first-order chi connectivity index (χ1) is 7.65. The number of nitrogens with zero attached hydrogens (tertiary/aromatic N) is 1. The van der Waals surface area contributed by atoms with E-state index >= 15 is 0 Å². The molecule has 4 nitrogen and oxygen atoms in total. The molecule has 1 aliphatic heterocycles. The van der Waals surface area contributed by atoms with Gasteiger partial charge in [-0.15, -0.1) is 0 Å². The molecule has 0 radical (unpaired) electrons. The second kappa shape index (κ2) is 5.15. The number of aliphatic hydroxyl groups is 1. The van der Waals surface area contributed by atoms with Gasteiger partial charge in [-0.05, 0) is 38.1 Å². The van der Waals surface area contributed by atoms with Gasteiger partial charge in [-0.2, -0.15) is 0 Å². The molecule has 2 rings (SSSR count). The normalized spacial score (nSPS) is 33.5. The van der Waals surface area contributed by atoms with Gasteiger partial charge in [-0.25, -0.2) is 0 Å². The van der Waals surface area contributed by atoms with E-state index in [1.54, 1.807) is 0 Å². The average molecular weight is 226 g/mol. The minimum absolute atomic E-state index is 0.120. The van der Waals surface area contributed by atoms with E-state index in [9.17, 15) is 9.90 Å². The Morgan fingerprint density at radius 3 is 2.81 bits per heavy atom. The number of hydrogen-bond acceptors (Lipinski definition) is 3. The molecule has 16 heavy (non-hydrogen) atoms. The fourth-order valence-corrected chi connectivity index (χ4v) is 2.64. The van der Waals surface area contributed by atoms with Crippen molar-refractivity contribution in [3.05, 3.63) is 0 Å². The van der Waals surface area contributed by atoms with Crippen molar-refractivity contribution in [3.8, 4) is 0 Å². The van der Waals surface area contributed by atoms with E-state index < -0.39 is 0 Å². The molecule has 1 saturated heterocycles. The molecule has 1 amide bonds.